The first-order valence-corrected chi connectivity index (χ1v) is 9.67. The predicted octanol–water partition coefficient (Wildman–Crippen LogP) is 3.05. The molecule has 3 amide bonds. The van der Waals surface area contributed by atoms with Crippen LogP contribution in [0.2, 0.25) is 0 Å². The smallest absolute Gasteiger partial charge is 0.319 e. The molecule has 2 aliphatic rings. The molecule has 0 unspecified atom stereocenters. The number of nitrogens with zero attached hydrogens (tertiary/aromatic N) is 3. The molecule has 0 atom stereocenters. The molecule has 0 aromatic rings. The van der Waals surface area contributed by atoms with Gasteiger partial charge in [-0.3, -0.25) is 4.79 Å². The summed E-state index contributed by atoms with van der Waals surface area (Å²) >= 11 is 0. The molecule has 5 heteroatoms. The number of urea groups is 1. The minimum atomic E-state index is 0.0950. The molecule has 2 aliphatic heterocycles. The van der Waals surface area contributed by atoms with E-state index in [4.69, 9.17) is 0 Å². The first kappa shape index (κ1) is 19.1. The summed E-state index contributed by atoms with van der Waals surface area (Å²) in [7, 11) is 1.93. The third-order valence-electron chi connectivity index (χ3n) is 5.67. The summed E-state index contributed by atoms with van der Waals surface area (Å²) < 4.78 is 0. The summed E-state index contributed by atoms with van der Waals surface area (Å²) in [6, 6.07) is 0.189. The number of hydrogen-bond acceptors (Lipinski definition) is 2. The highest BCUT2D eigenvalue weighted by Gasteiger charge is 2.26. The van der Waals surface area contributed by atoms with Crippen molar-refractivity contribution in [1.82, 2.24) is 14.7 Å². The second-order valence-electron chi connectivity index (χ2n) is 8.09. The Balaban J connectivity index is 1.68. The zero-order valence-corrected chi connectivity index (χ0v) is 16.0. The van der Waals surface area contributed by atoms with Gasteiger partial charge in [-0.15, -0.1) is 0 Å². The van der Waals surface area contributed by atoms with Gasteiger partial charge in [-0.25, -0.2) is 4.79 Å². The molecule has 0 aliphatic carbocycles. The number of likely N-dealkylation sites (tertiary alicyclic amines) is 2. The van der Waals surface area contributed by atoms with E-state index in [-0.39, 0.29) is 17.9 Å². The Kier molecular flexibility index (Phi) is 6.93. The number of piperidine rings is 2. The highest BCUT2D eigenvalue weighted by molar-refractivity contribution is 5.78. The summed E-state index contributed by atoms with van der Waals surface area (Å²) in [5.41, 5.74) is 0. The standard InChI is InChI=1S/C19H35N3O2/c1-15(2)18(23)21-13-8-17(9-14-21)7-10-20(4)19(24)22-11-5-16(3)6-12-22/h15-17H,5-14H2,1-4H3. The van der Waals surface area contributed by atoms with Crippen LogP contribution in [-0.4, -0.2) is 66.4 Å². The van der Waals surface area contributed by atoms with Crippen molar-refractivity contribution in [3.63, 3.8) is 0 Å². The Hall–Kier alpha value is -1.26. The quantitative estimate of drug-likeness (QED) is 0.791. The Morgan fingerprint density at radius 1 is 1.00 bits per heavy atom. The van der Waals surface area contributed by atoms with Crippen LogP contribution in [0, 0.1) is 17.8 Å². The summed E-state index contributed by atoms with van der Waals surface area (Å²) in [6.45, 7) is 10.6. The molecule has 2 heterocycles. The van der Waals surface area contributed by atoms with Gasteiger partial charge in [0.2, 0.25) is 5.91 Å². The Labute approximate surface area is 147 Å². The summed E-state index contributed by atoms with van der Waals surface area (Å²) in [5, 5.41) is 0. The molecule has 0 N–H and O–H groups in total. The summed E-state index contributed by atoms with van der Waals surface area (Å²) in [4.78, 5) is 30.4. The Morgan fingerprint density at radius 2 is 1.54 bits per heavy atom. The summed E-state index contributed by atoms with van der Waals surface area (Å²) in [6.07, 6.45) is 5.45. The molecule has 0 saturated carbocycles. The monoisotopic (exact) mass is 337 g/mol. The van der Waals surface area contributed by atoms with Crippen molar-refractivity contribution in [2.75, 3.05) is 39.8 Å². The molecule has 0 bridgehead atoms. The molecule has 0 aromatic carbocycles. The molecule has 2 rings (SSSR count). The van der Waals surface area contributed by atoms with Crippen molar-refractivity contribution in [3.05, 3.63) is 0 Å². The second-order valence-corrected chi connectivity index (χ2v) is 8.09. The lowest BCUT2D eigenvalue weighted by atomic mass is 9.93. The highest BCUT2D eigenvalue weighted by Crippen LogP contribution is 2.22. The van der Waals surface area contributed by atoms with E-state index in [9.17, 15) is 9.59 Å². The van der Waals surface area contributed by atoms with Gasteiger partial charge in [0.25, 0.3) is 0 Å². The fourth-order valence-electron chi connectivity index (χ4n) is 3.72. The van der Waals surface area contributed by atoms with E-state index in [2.05, 4.69) is 6.92 Å². The number of carbonyl (C=O) groups is 2. The Bertz CT molecular complexity index is 422. The molecule has 0 aromatic heterocycles. The van der Waals surface area contributed by atoms with Crippen LogP contribution in [0.5, 0.6) is 0 Å². The molecule has 0 radical (unpaired) electrons. The lowest BCUT2D eigenvalue weighted by Gasteiger charge is -2.35. The first-order chi connectivity index (χ1) is 11.4. The minimum absolute atomic E-state index is 0.0950. The number of carbonyl (C=O) groups excluding carboxylic acids is 2. The number of rotatable bonds is 4. The highest BCUT2D eigenvalue weighted by atomic mass is 16.2. The van der Waals surface area contributed by atoms with Crippen molar-refractivity contribution in [3.8, 4) is 0 Å². The van der Waals surface area contributed by atoms with E-state index in [1.165, 1.54) is 0 Å². The van der Waals surface area contributed by atoms with Crippen molar-refractivity contribution in [2.24, 2.45) is 17.8 Å². The van der Waals surface area contributed by atoms with Gasteiger partial charge in [-0.05, 0) is 43.9 Å². The maximum absolute atomic E-state index is 12.5. The minimum Gasteiger partial charge on any atom is -0.342 e. The van der Waals surface area contributed by atoms with Gasteiger partial charge in [0.15, 0.2) is 0 Å². The average Bonchev–Trinajstić information content (AvgIpc) is 2.59. The van der Waals surface area contributed by atoms with E-state index in [0.717, 1.165) is 70.7 Å². The third kappa shape index (κ3) is 5.12. The van der Waals surface area contributed by atoms with E-state index in [0.29, 0.717) is 5.92 Å². The average molecular weight is 338 g/mol. The van der Waals surface area contributed by atoms with Crippen molar-refractivity contribution < 1.29 is 9.59 Å². The van der Waals surface area contributed by atoms with Crippen LogP contribution in [0.4, 0.5) is 4.79 Å². The van der Waals surface area contributed by atoms with Gasteiger partial charge in [-0.2, -0.15) is 0 Å². The SMILES string of the molecule is CC1CCN(C(=O)N(C)CCC2CCN(C(=O)C(C)C)CC2)CC1. The molecule has 24 heavy (non-hydrogen) atoms. The topological polar surface area (TPSA) is 43.9 Å². The summed E-state index contributed by atoms with van der Waals surface area (Å²) in [5.74, 6) is 1.76. The van der Waals surface area contributed by atoms with Gasteiger partial charge in [0.05, 0.1) is 0 Å². The van der Waals surface area contributed by atoms with Gasteiger partial charge < -0.3 is 14.7 Å². The van der Waals surface area contributed by atoms with Crippen LogP contribution >= 0.6 is 0 Å². The van der Waals surface area contributed by atoms with E-state index >= 15 is 0 Å². The molecule has 2 saturated heterocycles. The van der Waals surface area contributed by atoms with Gasteiger partial charge in [0.1, 0.15) is 0 Å². The van der Waals surface area contributed by atoms with Crippen LogP contribution in [0.3, 0.4) is 0 Å². The molecular weight excluding hydrogens is 302 g/mol. The van der Waals surface area contributed by atoms with Crippen LogP contribution in [0.25, 0.3) is 0 Å². The maximum atomic E-state index is 12.5. The molecule has 0 spiro atoms. The normalized spacial score (nSPS) is 20.5. The predicted molar refractivity (Wildman–Crippen MR) is 96.8 cm³/mol. The first-order valence-electron chi connectivity index (χ1n) is 9.67. The van der Waals surface area contributed by atoms with Crippen LogP contribution in [0.1, 0.15) is 52.9 Å². The van der Waals surface area contributed by atoms with Crippen molar-refractivity contribution >= 4 is 11.9 Å². The fourth-order valence-corrected chi connectivity index (χ4v) is 3.72. The lowest BCUT2D eigenvalue weighted by molar-refractivity contribution is -0.135. The zero-order chi connectivity index (χ0) is 17.7. The van der Waals surface area contributed by atoms with E-state index < -0.39 is 0 Å². The van der Waals surface area contributed by atoms with E-state index in [1.54, 1.807) is 0 Å². The van der Waals surface area contributed by atoms with Gasteiger partial charge in [-0.1, -0.05) is 20.8 Å². The van der Waals surface area contributed by atoms with Crippen molar-refractivity contribution in [1.29, 1.82) is 0 Å². The van der Waals surface area contributed by atoms with Crippen LogP contribution < -0.4 is 0 Å². The molecule has 2 fully saturated rings. The van der Waals surface area contributed by atoms with Gasteiger partial charge in [0, 0.05) is 45.7 Å². The van der Waals surface area contributed by atoms with Crippen LogP contribution in [0.15, 0.2) is 0 Å². The molecule has 138 valence electrons. The third-order valence-corrected chi connectivity index (χ3v) is 5.67. The van der Waals surface area contributed by atoms with Crippen molar-refractivity contribution in [2.45, 2.75) is 52.9 Å². The molecular formula is C19H35N3O2. The zero-order valence-electron chi connectivity index (χ0n) is 16.0. The second kappa shape index (κ2) is 8.72. The van der Waals surface area contributed by atoms with E-state index in [1.807, 2.05) is 35.6 Å². The maximum Gasteiger partial charge on any atom is 0.319 e. The number of amides is 3. The molecule has 5 nitrogen and oxygen atoms in total. The number of hydrogen-bond donors (Lipinski definition) is 0. The fraction of sp³-hybridized carbons (Fsp3) is 0.895. The largest absolute Gasteiger partial charge is 0.342 e. The Morgan fingerprint density at radius 3 is 2.08 bits per heavy atom. The van der Waals surface area contributed by atoms with Crippen LogP contribution in [-0.2, 0) is 4.79 Å². The lowest BCUT2D eigenvalue weighted by Crippen LogP contribution is -2.46. The van der Waals surface area contributed by atoms with Gasteiger partial charge >= 0.3 is 6.03 Å².